The zero-order valence-electron chi connectivity index (χ0n) is 35.9. The van der Waals surface area contributed by atoms with Crippen molar-refractivity contribution in [3.8, 4) is 33.4 Å². The summed E-state index contributed by atoms with van der Waals surface area (Å²) in [7, 11) is 0. The van der Waals surface area contributed by atoms with Gasteiger partial charge >= 0.3 is 0 Å². The van der Waals surface area contributed by atoms with Crippen LogP contribution in [0.25, 0.3) is 78.6 Å². The second-order valence-corrected chi connectivity index (χ2v) is 17.8. The molecule has 11 aromatic rings. The lowest BCUT2D eigenvalue weighted by molar-refractivity contribution is 0.112. The molecule has 0 bridgehead atoms. The SMILES string of the molecule is C(/c1ccc(-c2ccccc2)cc1)=c1/s/c(=C\c2ccc(-c3ccccc3)cc2)c2nc3ccccc3nc12.O=Cc1ccc(-c2ccccc2)cc1.c1ccc2nc3c(nc2c1)CSC3. The van der Waals surface area contributed by atoms with Crippen LogP contribution in [0, 0.1) is 0 Å². The number of benzene rings is 8. The third-order valence-electron chi connectivity index (χ3n) is 11.2. The highest BCUT2D eigenvalue weighted by Gasteiger charge is 2.15. The number of rotatable bonds is 6. The van der Waals surface area contributed by atoms with Crippen LogP contribution >= 0.6 is 23.1 Å². The molecule has 0 aliphatic carbocycles. The molecular weight excluding hydrogens is 845 g/mol. The Bertz CT molecular complexity index is 3350. The topological polar surface area (TPSA) is 68.6 Å². The quantitative estimate of drug-likeness (QED) is 0.155. The number of aromatic nitrogens is 4. The lowest BCUT2D eigenvalue weighted by atomic mass is 10.0. The van der Waals surface area contributed by atoms with Gasteiger partial charge in [0.1, 0.15) is 17.3 Å². The molecule has 0 atom stereocenters. The van der Waals surface area contributed by atoms with E-state index in [-0.39, 0.29) is 0 Å². The van der Waals surface area contributed by atoms with Gasteiger partial charge in [-0.3, -0.25) is 4.79 Å². The first-order chi connectivity index (χ1) is 32.6. The lowest BCUT2D eigenvalue weighted by Gasteiger charge is -2.01. The van der Waals surface area contributed by atoms with Crippen LogP contribution in [0.1, 0.15) is 32.9 Å². The van der Waals surface area contributed by atoms with Crippen molar-refractivity contribution in [3.05, 3.63) is 249 Å². The van der Waals surface area contributed by atoms with Gasteiger partial charge in [-0.2, -0.15) is 0 Å². The van der Waals surface area contributed by atoms with Crippen molar-refractivity contribution < 1.29 is 4.79 Å². The Kier molecular flexibility index (Phi) is 12.7. The molecule has 12 rings (SSSR count). The van der Waals surface area contributed by atoms with Crippen LogP contribution in [-0.2, 0) is 11.5 Å². The van der Waals surface area contributed by atoms with Crippen molar-refractivity contribution in [2.24, 2.45) is 0 Å². The van der Waals surface area contributed by atoms with Gasteiger partial charge in [0.15, 0.2) is 0 Å². The molecule has 8 aromatic carbocycles. The number of thiophene rings is 1. The van der Waals surface area contributed by atoms with Crippen molar-refractivity contribution >= 4 is 74.6 Å². The highest BCUT2D eigenvalue weighted by Crippen LogP contribution is 2.28. The number of fused-ring (bicyclic) bond motifs is 4. The fourth-order valence-electron chi connectivity index (χ4n) is 7.80. The zero-order chi connectivity index (χ0) is 44.5. The van der Waals surface area contributed by atoms with Crippen molar-refractivity contribution in [3.63, 3.8) is 0 Å². The summed E-state index contributed by atoms with van der Waals surface area (Å²) in [5.74, 6) is 2.04. The molecule has 316 valence electrons. The summed E-state index contributed by atoms with van der Waals surface area (Å²) in [6.07, 6.45) is 5.30. The van der Waals surface area contributed by atoms with Gasteiger partial charge in [0, 0.05) is 17.1 Å². The molecule has 0 N–H and O–H groups in total. The van der Waals surface area contributed by atoms with Gasteiger partial charge in [0.2, 0.25) is 0 Å². The Balaban J connectivity index is 0.000000153. The molecule has 3 aromatic heterocycles. The number of thioether (sulfide) groups is 1. The van der Waals surface area contributed by atoms with E-state index in [0.717, 1.165) is 76.6 Å². The molecule has 0 saturated carbocycles. The Morgan fingerprint density at radius 3 is 0.985 bits per heavy atom. The minimum absolute atomic E-state index is 0.713. The summed E-state index contributed by atoms with van der Waals surface area (Å²) < 4.78 is 2.23. The fraction of sp³-hybridized carbons (Fsp3) is 0.0339. The lowest BCUT2D eigenvalue weighted by Crippen LogP contribution is -1.98. The molecular formula is C59H42N4OS2. The number of hydrogen-bond donors (Lipinski definition) is 0. The van der Waals surface area contributed by atoms with E-state index >= 15 is 0 Å². The van der Waals surface area contributed by atoms with Crippen molar-refractivity contribution in [2.75, 3.05) is 0 Å². The Morgan fingerprint density at radius 2 is 0.636 bits per heavy atom. The average Bonchev–Trinajstić information content (AvgIpc) is 3.99. The minimum atomic E-state index is 0.713. The number of aldehydes is 1. The predicted molar refractivity (Wildman–Crippen MR) is 277 cm³/mol. The molecule has 0 unspecified atom stereocenters. The summed E-state index contributed by atoms with van der Waals surface area (Å²) in [6, 6.07) is 72.2. The van der Waals surface area contributed by atoms with Gasteiger partial charge in [-0.15, -0.1) is 23.1 Å². The van der Waals surface area contributed by atoms with E-state index < -0.39 is 0 Å². The first kappa shape index (κ1) is 42.1. The summed E-state index contributed by atoms with van der Waals surface area (Å²) in [5, 5.41) is 0. The molecule has 0 spiro atoms. The van der Waals surface area contributed by atoms with Crippen LogP contribution in [0.3, 0.4) is 0 Å². The van der Waals surface area contributed by atoms with Crippen molar-refractivity contribution in [2.45, 2.75) is 11.5 Å². The number of hydrogen-bond acceptors (Lipinski definition) is 7. The molecule has 0 saturated heterocycles. The second kappa shape index (κ2) is 19.9. The number of para-hydroxylation sites is 4. The van der Waals surface area contributed by atoms with E-state index in [9.17, 15) is 4.79 Å². The van der Waals surface area contributed by atoms with E-state index in [1.807, 2.05) is 115 Å². The van der Waals surface area contributed by atoms with Gasteiger partial charge in [0.25, 0.3) is 0 Å². The third kappa shape index (κ3) is 9.78. The van der Waals surface area contributed by atoms with Crippen LogP contribution < -0.4 is 9.06 Å². The Morgan fingerprint density at radius 1 is 0.333 bits per heavy atom. The Hall–Kier alpha value is -7.84. The first-order valence-electron chi connectivity index (χ1n) is 21.8. The van der Waals surface area contributed by atoms with E-state index in [2.05, 4.69) is 131 Å². The number of nitrogens with zero attached hydrogens (tertiary/aromatic N) is 4. The number of carbonyl (C=O) groups excluding carboxylic acids is 1. The molecule has 7 heteroatoms. The van der Waals surface area contributed by atoms with E-state index in [1.165, 1.54) is 39.2 Å². The average molecular weight is 887 g/mol. The van der Waals surface area contributed by atoms with Gasteiger partial charge in [-0.25, -0.2) is 19.9 Å². The summed E-state index contributed by atoms with van der Waals surface area (Å²) in [6.45, 7) is 0. The maximum atomic E-state index is 10.5. The summed E-state index contributed by atoms with van der Waals surface area (Å²) in [5.41, 5.74) is 18.3. The van der Waals surface area contributed by atoms with Crippen molar-refractivity contribution in [1.82, 2.24) is 19.9 Å². The molecule has 1 aliphatic heterocycles. The number of carbonyl (C=O) groups is 1. The first-order valence-corrected chi connectivity index (χ1v) is 23.7. The molecule has 0 fully saturated rings. The molecule has 1 aliphatic rings. The van der Waals surface area contributed by atoms with E-state index in [1.54, 1.807) is 11.3 Å². The van der Waals surface area contributed by atoms with Crippen LogP contribution in [0.2, 0.25) is 0 Å². The highest BCUT2D eigenvalue weighted by molar-refractivity contribution is 7.98. The molecule has 4 heterocycles. The zero-order valence-corrected chi connectivity index (χ0v) is 37.5. The monoisotopic (exact) mass is 886 g/mol. The molecule has 0 amide bonds. The van der Waals surface area contributed by atoms with Gasteiger partial charge in [0.05, 0.1) is 42.5 Å². The van der Waals surface area contributed by atoms with Gasteiger partial charge in [-0.1, -0.05) is 188 Å². The van der Waals surface area contributed by atoms with Gasteiger partial charge in [-0.05, 0) is 80.9 Å². The minimum Gasteiger partial charge on any atom is -0.298 e. The molecule has 66 heavy (non-hydrogen) atoms. The van der Waals surface area contributed by atoms with Crippen LogP contribution in [0.15, 0.2) is 212 Å². The second-order valence-electron chi connectivity index (χ2n) is 15.7. The maximum Gasteiger partial charge on any atom is 0.150 e. The normalized spacial score (nSPS) is 12.3. The third-order valence-corrected chi connectivity index (χ3v) is 13.3. The summed E-state index contributed by atoms with van der Waals surface area (Å²) in [4.78, 5) is 29.7. The molecule has 0 radical (unpaired) electrons. The maximum absolute atomic E-state index is 10.5. The fourth-order valence-corrected chi connectivity index (χ4v) is 9.85. The molecule has 5 nitrogen and oxygen atoms in total. The smallest absolute Gasteiger partial charge is 0.150 e. The largest absolute Gasteiger partial charge is 0.298 e. The van der Waals surface area contributed by atoms with Crippen LogP contribution in [-0.4, -0.2) is 26.2 Å². The standard InChI is InChI=1S/C36H24N2S.C13H10O.C10H8N2S/c1-3-9-27(10-4-1)29-19-15-25(16-20-29)23-33-35-36(38-32-14-8-7-13-31(32)37-35)34(39-33)24-26-17-21-30(22-18-26)28-11-5-2-6-12-28;14-10-11-6-8-13(9-7-11)12-4-2-1-3-5-12;1-2-4-8-7(3-1)11-9-5-13-6-10(9)12-8/h1-24H;1-10H;1-4H,5-6H2/b33-23-,34-24-;;. The van der Waals surface area contributed by atoms with Crippen molar-refractivity contribution in [1.29, 1.82) is 0 Å². The Labute approximate surface area is 391 Å². The summed E-state index contributed by atoms with van der Waals surface area (Å²) >= 11 is 3.63. The van der Waals surface area contributed by atoms with Gasteiger partial charge < -0.3 is 0 Å². The van der Waals surface area contributed by atoms with E-state index in [0.29, 0.717) is 5.56 Å². The predicted octanol–water partition coefficient (Wildman–Crippen LogP) is 13.4. The highest BCUT2D eigenvalue weighted by atomic mass is 32.2. The van der Waals surface area contributed by atoms with Crippen LogP contribution in [0.4, 0.5) is 0 Å². The van der Waals surface area contributed by atoms with E-state index in [4.69, 9.17) is 9.97 Å². The van der Waals surface area contributed by atoms with Crippen LogP contribution in [0.5, 0.6) is 0 Å².